The third kappa shape index (κ3) is 3.00. The lowest BCUT2D eigenvalue weighted by Crippen LogP contribution is -2.17. The Morgan fingerprint density at radius 2 is 1.88 bits per heavy atom. The second-order valence-electron chi connectivity index (χ2n) is 5.46. The molecule has 8 heteroatoms. The molecule has 0 radical (unpaired) electrons. The summed E-state index contributed by atoms with van der Waals surface area (Å²) in [6.45, 7) is 1.80. The minimum Gasteiger partial charge on any atom is -0.293 e. The molecule has 2 N–H and O–H groups in total. The lowest BCUT2D eigenvalue weighted by Gasteiger charge is -2.03. The van der Waals surface area contributed by atoms with Crippen LogP contribution >= 0.6 is 11.6 Å². The van der Waals surface area contributed by atoms with E-state index < -0.39 is 9.73 Å². The molecule has 24 heavy (non-hydrogen) atoms. The van der Waals surface area contributed by atoms with Crippen molar-refractivity contribution in [3.8, 4) is 16.9 Å². The molecule has 0 bridgehead atoms. The predicted octanol–water partition coefficient (Wildman–Crippen LogP) is 3.22. The first-order valence-electron chi connectivity index (χ1n) is 7.05. The molecule has 2 heterocycles. The van der Waals surface area contributed by atoms with Gasteiger partial charge >= 0.3 is 0 Å². The molecule has 3 aromatic rings. The van der Waals surface area contributed by atoms with Gasteiger partial charge in [-0.25, -0.2) is 18.7 Å². The topological polar surface area (TPSA) is 91.6 Å². The van der Waals surface area contributed by atoms with Gasteiger partial charge in [-0.05, 0) is 36.8 Å². The zero-order valence-corrected chi connectivity index (χ0v) is 14.6. The van der Waals surface area contributed by atoms with Crippen molar-refractivity contribution >= 4 is 21.3 Å². The number of aromatic amines is 1. The number of halogens is 1. The van der Waals surface area contributed by atoms with Crippen LogP contribution in [0.1, 0.15) is 5.69 Å². The van der Waals surface area contributed by atoms with E-state index in [-0.39, 0.29) is 5.56 Å². The largest absolute Gasteiger partial charge is 0.293 e. The van der Waals surface area contributed by atoms with Gasteiger partial charge in [-0.1, -0.05) is 23.7 Å². The second kappa shape index (κ2) is 5.92. The van der Waals surface area contributed by atoms with Crippen LogP contribution in [0.3, 0.4) is 0 Å². The van der Waals surface area contributed by atoms with Crippen LogP contribution < -0.4 is 5.56 Å². The van der Waals surface area contributed by atoms with Crippen molar-refractivity contribution in [3.05, 3.63) is 63.7 Å². The minimum atomic E-state index is -2.83. The maximum Gasteiger partial charge on any atom is 0.280 e. The smallest absolute Gasteiger partial charge is 0.280 e. The minimum absolute atomic E-state index is 0.238. The molecule has 6 nitrogen and oxygen atoms in total. The SMILES string of the molecule is Cc1[nH]n(-c2ccc(S(C)(=N)=O)cn2)c(=O)c1-c1ccc(Cl)cc1. The molecule has 2 aromatic heterocycles. The van der Waals surface area contributed by atoms with Gasteiger partial charge in [-0.3, -0.25) is 9.89 Å². The summed E-state index contributed by atoms with van der Waals surface area (Å²) in [5, 5.41) is 3.59. The highest BCUT2D eigenvalue weighted by Gasteiger charge is 2.15. The van der Waals surface area contributed by atoms with Gasteiger partial charge in [0.25, 0.3) is 5.56 Å². The lowest BCUT2D eigenvalue weighted by molar-refractivity contribution is 0.678. The second-order valence-corrected chi connectivity index (χ2v) is 8.05. The molecule has 0 amide bonds. The first kappa shape index (κ1) is 16.5. The number of hydrogen-bond donors (Lipinski definition) is 2. The van der Waals surface area contributed by atoms with Crippen LogP contribution in [0.4, 0.5) is 0 Å². The van der Waals surface area contributed by atoms with E-state index in [4.69, 9.17) is 16.4 Å². The highest BCUT2D eigenvalue weighted by atomic mass is 35.5. The summed E-state index contributed by atoms with van der Waals surface area (Å²) in [6, 6.07) is 10.1. The first-order chi connectivity index (χ1) is 11.3. The van der Waals surface area contributed by atoms with Gasteiger partial charge in [0.2, 0.25) is 0 Å². The Bertz CT molecular complexity index is 1050. The average Bonchev–Trinajstić information content (AvgIpc) is 2.83. The van der Waals surface area contributed by atoms with E-state index in [1.807, 2.05) is 0 Å². The average molecular weight is 363 g/mol. The summed E-state index contributed by atoms with van der Waals surface area (Å²) in [4.78, 5) is 17.2. The molecule has 0 fully saturated rings. The Kier molecular flexibility index (Phi) is 4.06. The van der Waals surface area contributed by atoms with E-state index >= 15 is 0 Å². The van der Waals surface area contributed by atoms with Crippen molar-refractivity contribution in [2.24, 2.45) is 0 Å². The molecule has 0 aliphatic heterocycles. The summed E-state index contributed by atoms with van der Waals surface area (Å²) >= 11 is 5.89. The van der Waals surface area contributed by atoms with E-state index in [0.717, 1.165) is 5.56 Å². The van der Waals surface area contributed by atoms with Crippen molar-refractivity contribution < 1.29 is 4.21 Å². The highest BCUT2D eigenvalue weighted by Crippen LogP contribution is 2.21. The zero-order chi connectivity index (χ0) is 17.5. The number of benzene rings is 1. The van der Waals surface area contributed by atoms with Crippen molar-refractivity contribution in [1.29, 1.82) is 4.78 Å². The third-order valence-electron chi connectivity index (χ3n) is 3.60. The standard InChI is InChI=1S/C16H15ClN4O2S/c1-10-15(11-3-5-12(17)6-4-11)16(22)21(20-10)14-8-7-13(9-19-14)24(2,18)23/h3-9,18,20H,1-2H3. The normalized spacial score (nSPS) is 13.6. The number of nitrogens with one attached hydrogen (secondary N) is 2. The molecule has 1 unspecified atom stereocenters. The van der Waals surface area contributed by atoms with Crippen LogP contribution in [0.25, 0.3) is 16.9 Å². The van der Waals surface area contributed by atoms with Crippen molar-refractivity contribution in [1.82, 2.24) is 14.8 Å². The number of hydrogen-bond acceptors (Lipinski definition) is 4. The number of aryl methyl sites for hydroxylation is 1. The van der Waals surface area contributed by atoms with Crippen molar-refractivity contribution in [2.45, 2.75) is 11.8 Å². The van der Waals surface area contributed by atoms with Crippen molar-refractivity contribution in [3.63, 3.8) is 0 Å². The van der Waals surface area contributed by atoms with Gasteiger partial charge in [0.05, 0.1) is 20.2 Å². The number of nitrogens with zero attached hydrogens (tertiary/aromatic N) is 2. The van der Waals surface area contributed by atoms with Crippen LogP contribution in [-0.4, -0.2) is 25.2 Å². The zero-order valence-electron chi connectivity index (χ0n) is 13.0. The monoisotopic (exact) mass is 362 g/mol. The Balaban J connectivity index is 2.09. The van der Waals surface area contributed by atoms with Gasteiger partial charge < -0.3 is 0 Å². The fourth-order valence-electron chi connectivity index (χ4n) is 2.40. The molecule has 0 aliphatic rings. The van der Waals surface area contributed by atoms with E-state index in [1.165, 1.54) is 17.1 Å². The maximum absolute atomic E-state index is 12.7. The number of aromatic nitrogens is 3. The summed E-state index contributed by atoms with van der Waals surface area (Å²) in [5.41, 5.74) is 1.76. The van der Waals surface area contributed by atoms with Crippen LogP contribution in [0, 0.1) is 11.7 Å². The predicted molar refractivity (Wildman–Crippen MR) is 94.4 cm³/mol. The number of rotatable bonds is 3. The fourth-order valence-corrected chi connectivity index (χ4v) is 3.11. The van der Waals surface area contributed by atoms with Crippen LogP contribution in [0.5, 0.6) is 0 Å². The van der Waals surface area contributed by atoms with E-state index in [1.54, 1.807) is 43.3 Å². The van der Waals surface area contributed by atoms with Gasteiger partial charge in [0.15, 0.2) is 5.82 Å². The molecular formula is C16H15ClN4O2S. The molecule has 1 atom stereocenters. The highest BCUT2D eigenvalue weighted by molar-refractivity contribution is 7.91. The third-order valence-corrected chi connectivity index (χ3v) is 5.00. The van der Waals surface area contributed by atoms with Gasteiger partial charge in [0, 0.05) is 23.2 Å². The van der Waals surface area contributed by atoms with Crippen LogP contribution in [0.2, 0.25) is 5.02 Å². The molecule has 0 spiro atoms. The number of H-pyrrole nitrogens is 1. The first-order valence-corrected chi connectivity index (χ1v) is 9.39. The lowest BCUT2D eigenvalue weighted by atomic mass is 10.1. The van der Waals surface area contributed by atoms with E-state index in [9.17, 15) is 9.00 Å². The summed E-state index contributed by atoms with van der Waals surface area (Å²) in [6.07, 6.45) is 2.68. The Hall–Kier alpha value is -2.38. The Morgan fingerprint density at radius 1 is 1.21 bits per heavy atom. The quantitative estimate of drug-likeness (QED) is 0.749. The van der Waals surface area contributed by atoms with E-state index in [2.05, 4.69) is 10.1 Å². The molecular weight excluding hydrogens is 348 g/mol. The van der Waals surface area contributed by atoms with Crippen LogP contribution in [0.15, 0.2) is 52.3 Å². The van der Waals surface area contributed by atoms with Gasteiger partial charge in [-0.15, -0.1) is 0 Å². The molecule has 0 aliphatic carbocycles. The molecule has 0 saturated heterocycles. The van der Waals surface area contributed by atoms with Crippen LogP contribution in [-0.2, 0) is 9.73 Å². The van der Waals surface area contributed by atoms with Gasteiger partial charge in [0.1, 0.15) is 0 Å². The fraction of sp³-hybridized carbons (Fsp3) is 0.125. The maximum atomic E-state index is 12.7. The molecule has 0 saturated carbocycles. The molecule has 3 rings (SSSR count). The molecule has 1 aromatic carbocycles. The summed E-state index contributed by atoms with van der Waals surface area (Å²) in [5.74, 6) is 0.371. The number of pyridine rings is 1. The van der Waals surface area contributed by atoms with Gasteiger partial charge in [-0.2, -0.15) is 0 Å². The Morgan fingerprint density at radius 3 is 2.42 bits per heavy atom. The van der Waals surface area contributed by atoms with Crippen molar-refractivity contribution in [2.75, 3.05) is 6.26 Å². The van der Waals surface area contributed by atoms with E-state index in [0.29, 0.717) is 27.0 Å². The Labute approximate surface area is 144 Å². The summed E-state index contributed by atoms with van der Waals surface area (Å²) < 4.78 is 20.6. The molecule has 124 valence electrons. The summed E-state index contributed by atoms with van der Waals surface area (Å²) in [7, 11) is -2.83.